The van der Waals surface area contributed by atoms with Gasteiger partial charge >= 0.3 is 0 Å². The molecule has 1 saturated heterocycles. The predicted octanol–water partition coefficient (Wildman–Crippen LogP) is 4.57. The number of piperazine rings is 1. The average Bonchev–Trinajstić information content (AvgIpc) is 2.89. The molecule has 6 nitrogen and oxygen atoms in total. The lowest BCUT2D eigenvalue weighted by Crippen LogP contribution is -2.46. The second kappa shape index (κ2) is 11.3. The zero-order valence-electron chi connectivity index (χ0n) is 21.1. The molecule has 0 atom stereocenters. The van der Waals surface area contributed by atoms with E-state index >= 15 is 0 Å². The van der Waals surface area contributed by atoms with Crippen LogP contribution in [0, 0.1) is 13.8 Å². The summed E-state index contributed by atoms with van der Waals surface area (Å²) in [4.78, 5) is 17.5. The Morgan fingerprint density at radius 3 is 2.31 bits per heavy atom. The summed E-state index contributed by atoms with van der Waals surface area (Å²) in [6.07, 6.45) is 0. The fourth-order valence-corrected chi connectivity index (χ4v) is 4.43. The van der Waals surface area contributed by atoms with Crippen LogP contribution in [0.3, 0.4) is 0 Å². The molecule has 0 spiro atoms. The highest BCUT2D eigenvalue weighted by atomic mass is 16.5. The Bertz CT molecular complexity index is 1170. The summed E-state index contributed by atoms with van der Waals surface area (Å²) >= 11 is 0. The van der Waals surface area contributed by atoms with Gasteiger partial charge in [0, 0.05) is 50.5 Å². The van der Waals surface area contributed by atoms with Crippen LogP contribution in [0.15, 0.2) is 60.7 Å². The van der Waals surface area contributed by atoms with E-state index in [-0.39, 0.29) is 5.91 Å². The van der Waals surface area contributed by atoms with Gasteiger partial charge in [-0.25, -0.2) is 0 Å². The first-order chi connectivity index (χ1) is 17.0. The maximum Gasteiger partial charge on any atom is 0.251 e. The molecule has 0 unspecified atom stereocenters. The molecule has 6 heteroatoms. The summed E-state index contributed by atoms with van der Waals surface area (Å²) < 4.78 is 10.8. The van der Waals surface area contributed by atoms with Gasteiger partial charge in [0.15, 0.2) is 11.5 Å². The highest BCUT2D eigenvalue weighted by Gasteiger charge is 2.18. The molecule has 0 aliphatic carbocycles. The van der Waals surface area contributed by atoms with Gasteiger partial charge in [0.2, 0.25) is 0 Å². The minimum atomic E-state index is -0.0396. The normalized spacial score (nSPS) is 14.0. The van der Waals surface area contributed by atoms with E-state index < -0.39 is 0 Å². The molecule has 0 aromatic heterocycles. The van der Waals surface area contributed by atoms with E-state index in [9.17, 15) is 4.79 Å². The average molecular weight is 474 g/mol. The highest BCUT2D eigenvalue weighted by Crippen LogP contribution is 2.28. The Balaban J connectivity index is 1.31. The lowest BCUT2D eigenvalue weighted by atomic mass is 10.1. The monoisotopic (exact) mass is 473 g/mol. The van der Waals surface area contributed by atoms with Crippen LogP contribution >= 0.6 is 0 Å². The summed E-state index contributed by atoms with van der Waals surface area (Å²) in [5.41, 5.74) is 6.55. The van der Waals surface area contributed by atoms with E-state index in [2.05, 4.69) is 58.4 Å². The molecule has 1 heterocycles. The largest absolute Gasteiger partial charge is 0.493 e. The molecule has 0 radical (unpaired) electrons. The van der Waals surface area contributed by atoms with Crippen molar-refractivity contribution in [1.82, 2.24) is 10.2 Å². The molecular formula is C29H35N3O3. The minimum Gasteiger partial charge on any atom is -0.493 e. The molecule has 0 bridgehead atoms. The fourth-order valence-electron chi connectivity index (χ4n) is 4.43. The van der Waals surface area contributed by atoms with Crippen molar-refractivity contribution in [2.45, 2.75) is 26.9 Å². The van der Waals surface area contributed by atoms with E-state index in [1.807, 2.05) is 31.2 Å². The summed E-state index contributed by atoms with van der Waals surface area (Å²) in [5, 5.41) is 3.06. The Morgan fingerprint density at radius 2 is 1.60 bits per heavy atom. The molecule has 0 saturated carbocycles. The van der Waals surface area contributed by atoms with E-state index in [0.717, 1.165) is 55.3 Å². The number of aryl methyl sites for hydroxylation is 2. The quantitative estimate of drug-likeness (QED) is 0.519. The van der Waals surface area contributed by atoms with Crippen molar-refractivity contribution < 1.29 is 14.3 Å². The van der Waals surface area contributed by atoms with Crippen molar-refractivity contribution in [1.29, 1.82) is 0 Å². The zero-order valence-corrected chi connectivity index (χ0v) is 21.1. The number of benzene rings is 3. The van der Waals surface area contributed by atoms with Crippen molar-refractivity contribution >= 4 is 11.6 Å². The first kappa shape index (κ1) is 24.6. The third kappa shape index (κ3) is 6.14. The van der Waals surface area contributed by atoms with Crippen molar-refractivity contribution in [2.24, 2.45) is 0 Å². The number of hydrogen-bond donors (Lipinski definition) is 1. The first-order valence-electron chi connectivity index (χ1n) is 12.1. The van der Waals surface area contributed by atoms with Gasteiger partial charge in [0.1, 0.15) is 0 Å². The van der Waals surface area contributed by atoms with Gasteiger partial charge in [-0.3, -0.25) is 9.69 Å². The Morgan fingerprint density at radius 1 is 0.829 bits per heavy atom. The SMILES string of the molecule is COc1ccc(CN2CCN(c3cccc(CNC(=O)c4ccc(C)c(C)c4)c3)CC2)cc1OC. The van der Waals surface area contributed by atoms with Crippen LogP contribution in [0.5, 0.6) is 11.5 Å². The number of nitrogens with one attached hydrogen (secondary N) is 1. The molecule has 4 rings (SSSR count). The number of amides is 1. The van der Waals surface area contributed by atoms with Crippen molar-refractivity contribution in [3.05, 3.63) is 88.5 Å². The predicted molar refractivity (Wildman–Crippen MR) is 141 cm³/mol. The lowest BCUT2D eigenvalue weighted by Gasteiger charge is -2.36. The number of methoxy groups -OCH3 is 2. The van der Waals surface area contributed by atoms with E-state index in [1.165, 1.54) is 16.8 Å². The molecule has 184 valence electrons. The lowest BCUT2D eigenvalue weighted by molar-refractivity contribution is 0.0951. The number of ether oxygens (including phenoxy) is 2. The Hall–Kier alpha value is -3.51. The van der Waals surface area contributed by atoms with Crippen LogP contribution in [0.4, 0.5) is 5.69 Å². The van der Waals surface area contributed by atoms with E-state index in [4.69, 9.17) is 9.47 Å². The summed E-state index contributed by atoms with van der Waals surface area (Å²) in [7, 11) is 3.33. The standard InChI is InChI=1S/C29H35N3O3/c1-21-8-10-25(16-22(21)2)29(33)30-19-23-6-5-7-26(17-23)32-14-12-31(13-15-32)20-24-9-11-27(34-3)28(18-24)35-4/h5-11,16-18H,12-15,19-20H2,1-4H3,(H,30,33). The van der Waals surface area contributed by atoms with Gasteiger partial charge in [0.05, 0.1) is 14.2 Å². The van der Waals surface area contributed by atoms with Crippen LogP contribution in [-0.4, -0.2) is 51.2 Å². The third-order valence-electron chi connectivity index (χ3n) is 6.72. The number of rotatable bonds is 8. The molecule has 1 fully saturated rings. The van der Waals surface area contributed by atoms with Crippen LogP contribution in [0.1, 0.15) is 32.6 Å². The molecular weight excluding hydrogens is 438 g/mol. The van der Waals surface area contributed by atoms with Gasteiger partial charge in [-0.15, -0.1) is 0 Å². The van der Waals surface area contributed by atoms with Crippen LogP contribution < -0.4 is 19.7 Å². The van der Waals surface area contributed by atoms with Crippen molar-refractivity contribution in [3.63, 3.8) is 0 Å². The zero-order chi connectivity index (χ0) is 24.8. The molecule has 1 N–H and O–H groups in total. The molecule has 1 aliphatic rings. The van der Waals surface area contributed by atoms with Gasteiger partial charge in [-0.2, -0.15) is 0 Å². The van der Waals surface area contributed by atoms with E-state index in [0.29, 0.717) is 12.1 Å². The number of anilines is 1. The van der Waals surface area contributed by atoms with Gasteiger partial charge in [-0.1, -0.05) is 24.3 Å². The van der Waals surface area contributed by atoms with Crippen LogP contribution in [0.2, 0.25) is 0 Å². The van der Waals surface area contributed by atoms with Gasteiger partial charge in [-0.05, 0) is 72.5 Å². The van der Waals surface area contributed by atoms with Crippen LogP contribution in [-0.2, 0) is 13.1 Å². The Labute approximate surface area is 208 Å². The smallest absolute Gasteiger partial charge is 0.251 e. The molecule has 3 aromatic rings. The maximum atomic E-state index is 12.6. The highest BCUT2D eigenvalue weighted by molar-refractivity contribution is 5.94. The number of carbonyl (C=O) groups is 1. The number of carbonyl (C=O) groups excluding carboxylic acids is 1. The first-order valence-corrected chi connectivity index (χ1v) is 12.1. The summed E-state index contributed by atoms with van der Waals surface area (Å²) in [5.74, 6) is 1.48. The van der Waals surface area contributed by atoms with Crippen molar-refractivity contribution in [2.75, 3.05) is 45.3 Å². The fraction of sp³-hybridized carbons (Fsp3) is 0.345. The summed E-state index contributed by atoms with van der Waals surface area (Å²) in [6.45, 7) is 9.39. The van der Waals surface area contributed by atoms with Gasteiger partial charge < -0.3 is 19.7 Å². The number of nitrogens with zero attached hydrogens (tertiary/aromatic N) is 2. The molecule has 3 aromatic carbocycles. The minimum absolute atomic E-state index is 0.0396. The molecule has 1 amide bonds. The maximum absolute atomic E-state index is 12.6. The van der Waals surface area contributed by atoms with E-state index in [1.54, 1.807) is 14.2 Å². The second-order valence-corrected chi connectivity index (χ2v) is 9.10. The van der Waals surface area contributed by atoms with Gasteiger partial charge in [0.25, 0.3) is 5.91 Å². The molecule has 1 aliphatic heterocycles. The topological polar surface area (TPSA) is 54.0 Å². The molecule has 35 heavy (non-hydrogen) atoms. The summed E-state index contributed by atoms with van der Waals surface area (Å²) in [6, 6.07) is 20.4. The van der Waals surface area contributed by atoms with Crippen molar-refractivity contribution in [3.8, 4) is 11.5 Å². The number of hydrogen-bond acceptors (Lipinski definition) is 5. The second-order valence-electron chi connectivity index (χ2n) is 9.10. The Kier molecular flexibility index (Phi) is 7.93. The third-order valence-corrected chi connectivity index (χ3v) is 6.72. The van der Waals surface area contributed by atoms with Crippen LogP contribution in [0.25, 0.3) is 0 Å².